The maximum Gasteiger partial charge on any atom is 0.416 e. The number of halogens is 3. The second-order valence-corrected chi connectivity index (χ2v) is 8.88. The van der Waals surface area contributed by atoms with Crippen LogP contribution < -0.4 is 0 Å². The lowest BCUT2D eigenvalue weighted by molar-refractivity contribution is -0.137. The molecule has 0 radical (unpaired) electrons. The van der Waals surface area contributed by atoms with Crippen LogP contribution in [0.5, 0.6) is 0 Å². The third-order valence-electron chi connectivity index (χ3n) is 5.92. The Morgan fingerprint density at radius 2 is 1.37 bits per heavy atom. The van der Waals surface area contributed by atoms with Gasteiger partial charge >= 0.3 is 6.18 Å². The fourth-order valence-corrected chi connectivity index (χ4v) is 3.93. The van der Waals surface area contributed by atoms with E-state index in [1.807, 2.05) is 13.0 Å². The first-order valence-electron chi connectivity index (χ1n) is 9.20. The molecule has 0 saturated carbocycles. The molecule has 0 spiro atoms. The Hall–Kier alpha value is -2.10. The van der Waals surface area contributed by atoms with E-state index in [1.54, 1.807) is 0 Å². The van der Waals surface area contributed by atoms with E-state index in [4.69, 9.17) is 0 Å². The van der Waals surface area contributed by atoms with Crippen molar-refractivity contribution in [2.75, 3.05) is 0 Å². The molecule has 2 aromatic rings. The van der Waals surface area contributed by atoms with Crippen LogP contribution in [0.1, 0.15) is 78.7 Å². The van der Waals surface area contributed by atoms with Gasteiger partial charge in [-0.05, 0) is 65.5 Å². The predicted octanol–water partition coefficient (Wildman–Crippen LogP) is 6.59. The molecule has 0 aliphatic heterocycles. The number of carbonyl (C=O) groups is 1. The van der Waals surface area contributed by atoms with Gasteiger partial charge in [-0.3, -0.25) is 4.79 Å². The summed E-state index contributed by atoms with van der Waals surface area (Å²) >= 11 is 0. The highest BCUT2D eigenvalue weighted by Gasteiger charge is 2.38. The van der Waals surface area contributed by atoms with Gasteiger partial charge in [-0.25, -0.2) is 0 Å². The van der Waals surface area contributed by atoms with Crippen LogP contribution in [0.4, 0.5) is 13.2 Å². The lowest BCUT2D eigenvalue weighted by Crippen LogP contribution is -2.34. The van der Waals surface area contributed by atoms with Gasteiger partial charge in [-0.15, -0.1) is 0 Å². The number of ketones is 1. The Morgan fingerprint density at radius 1 is 0.889 bits per heavy atom. The van der Waals surface area contributed by atoms with E-state index >= 15 is 0 Å². The van der Waals surface area contributed by atoms with Gasteiger partial charge in [0.25, 0.3) is 0 Å². The van der Waals surface area contributed by atoms with Crippen molar-refractivity contribution in [2.45, 2.75) is 64.5 Å². The number of benzene rings is 2. The highest BCUT2D eigenvalue weighted by molar-refractivity contribution is 6.10. The monoisotopic (exact) mass is 374 g/mol. The first-order valence-corrected chi connectivity index (χ1v) is 9.20. The minimum atomic E-state index is -4.40. The van der Waals surface area contributed by atoms with Crippen LogP contribution in [0.25, 0.3) is 0 Å². The van der Waals surface area contributed by atoms with E-state index in [0.717, 1.165) is 30.5 Å². The number of hydrogen-bond acceptors (Lipinski definition) is 1. The summed E-state index contributed by atoms with van der Waals surface area (Å²) in [4.78, 5) is 13.0. The van der Waals surface area contributed by atoms with Gasteiger partial charge in [0.1, 0.15) is 0 Å². The number of alkyl halides is 3. The van der Waals surface area contributed by atoms with E-state index in [1.165, 1.54) is 23.3 Å². The van der Waals surface area contributed by atoms with Crippen molar-refractivity contribution >= 4 is 5.78 Å². The molecule has 0 atom stereocenters. The van der Waals surface area contributed by atoms with Crippen LogP contribution in [-0.2, 0) is 17.0 Å². The molecule has 0 unspecified atom stereocenters. The number of rotatable bonds is 2. The van der Waals surface area contributed by atoms with Gasteiger partial charge in [0.15, 0.2) is 5.78 Å². The highest BCUT2D eigenvalue weighted by atomic mass is 19.4. The number of hydrogen-bond donors (Lipinski definition) is 0. The molecule has 0 heterocycles. The summed E-state index contributed by atoms with van der Waals surface area (Å²) in [6, 6.07) is 8.51. The summed E-state index contributed by atoms with van der Waals surface area (Å²) in [6.45, 7) is 10.7. The smallest absolute Gasteiger partial charge is 0.289 e. The molecular weight excluding hydrogens is 349 g/mol. The molecule has 27 heavy (non-hydrogen) atoms. The minimum Gasteiger partial charge on any atom is -0.289 e. The molecular formula is C23H25F3O. The lowest BCUT2D eigenvalue weighted by Gasteiger charge is -2.42. The molecule has 144 valence electrons. The number of carbonyl (C=O) groups excluding carboxylic acids is 1. The van der Waals surface area contributed by atoms with Gasteiger partial charge < -0.3 is 0 Å². The third-order valence-corrected chi connectivity index (χ3v) is 5.92. The number of fused-ring (bicyclic) bond motifs is 1. The van der Waals surface area contributed by atoms with Gasteiger partial charge in [0.05, 0.1) is 5.56 Å². The van der Waals surface area contributed by atoms with Crippen molar-refractivity contribution in [3.8, 4) is 0 Å². The van der Waals surface area contributed by atoms with Crippen molar-refractivity contribution in [1.82, 2.24) is 0 Å². The minimum absolute atomic E-state index is 0.0340. The summed E-state index contributed by atoms with van der Waals surface area (Å²) in [6.07, 6.45) is -2.29. The van der Waals surface area contributed by atoms with Gasteiger partial charge in [0.2, 0.25) is 0 Å². The average molecular weight is 374 g/mol. The van der Waals surface area contributed by atoms with Crippen molar-refractivity contribution in [3.63, 3.8) is 0 Å². The summed E-state index contributed by atoms with van der Waals surface area (Å²) in [5, 5.41) is 0. The zero-order valence-electron chi connectivity index (χ0n) is 16.4. The second-order valence-electron chi connectivity index (χ2n) is 8.88. The molecule has 2 aromatic carbocycles. The third kappa shape index (κ3) is 3.54. The Morgan fingerprint density at radius 3 is 1.85 bits per heavy atom. The second kappa shape index (κ2) is 6.22. The Labute approximate surface area is 158 Å². The topological polar surface area (TPSA) is 17.1 Å². The zero-order chi connectivity index (χ0) is 20.2. The Bertz CT molecular complexity index is 887. The van der Waals surface area contributed by atoms with Gasteiger partial charge in [-0.1, -0.05) is 45.9 Å². The average Bonchev–Trinajstić information content (AvgIpc) is 2.57. The molecule has 1 nitrogen and oxygen atoms in total. The van der Waals surface area contributed by atoms with Crippen LogP contribution in [0, 0.1) is 6.92 Å². The summed E-state index contributed by atoms with van der Waals surface area (Å²) < 4.78 is 38.3. The molecule has 0 amide bonds. The molecule has 0 saturated heterocycles. The normalized spacial score (nSPS) is 18.1. The van der Waals surface area contributed by atoms with Gasteiger partial charge in [0, 0.05) is 11.1 Å². The van der Waals surface area contributed by atoms with E-state index in [9.17, 15) is 18.0 Å². The van der Waals surface area contributed by atoms with Crippen LogP contribution >= 0.6 is 0 Å². The first kappa shape index (κ1) is 19.7. The molecule has 0 aromatic heterocycles. The van der Waals surface area contributed by atoms with Crippen molar-refractivity contribution in [1.29, 1.82) is 0 Å². The standard InChI is InChI=1S/C23H25F3O/c1-14-12-18-19(22(4,5)11-10-21(18,2)3)13-17(14)20(27)15-6-8-16(9-7-15)23(24,25)26/h6-9,12-13H,10-11H2,1-5H3. The molecule has 1 aliphatic rings. The summed E-state index contributed by atoms with van der Waals surface area (Å²) in [5.74, 6) is -0.233. The van der Waals surface area contributed by atoms with Crippen LogP contribution in [0.2, 0.25) is 0 Å². The number of aryl methyl sites for hydroxylation is 1. The van der Waals surface area contributed by atoms with E-state index in [2.05, 4.69) is 33.8 Å². The van der Waals surface area contributed by atoms with E-state index in [0.29, 0.717) is 5.56 Å². The highest BCUT2D eigenvalue weighted by Crippen LogP contribution is 2.46. The maximum absolute atomic E-state index is 13.0. The zero-order valence-corrected chi connectivity index (χ0v) is 16.4. The van der Waals surface area contributed by atoms with Crippen LogP contribution in [0.3, 0.4) is 0 Å². The Balaban J connectivity index is 2.06. The molecule has 0 fully saturated rings. The molecule has 4 heteroatoms. The predicted molar refractivity (Wildman–Crippen MR) is 101 cm³/mol. The van der Waals surface area contributed by atoms with E-state index in [-0.39, 0.29) is 22.2 Å². The summed E-state index contributed by atoms with van der Waals surface area (Å²) in [5.41, 5.74) is 3.41. The molecule has 0 N–H and O–H groups in total. The largest absolute Gasteiger partial charge is 0.416 e. The van der Waals surface area contributed by atoms with Crippen LogP contribution in [0.15, 0.2) is 36.4 Å². The molecule has 3 rings (SSSR count). The maximum atomic E-state index is 13.0. The van der Waals surface area contributed by atoms with Crippen LogP contribution in [-0.4, -0.2) is 5.78 Å². The van der Waals surface area contributed by atoms with E-state index < -0.39 is 11.7 Å². The van der Waals surface area contributed by atoms with Crippen molar-refractivity contribution < 1.29 is 18.0 Å². The fourth-order valence-electron chi connectivity index (χ4n) is 3.93. The fraction of sp³-hybridized carbons (Fsp3) is 0.435. The van der Waals surface area contributed by atoms with Crippen molar-refractivity contribution in [2.24, 2.45) is 0 Å². The molecule has 1 aliphatic carbocycles. The molecule has 0 bridgehead atoms. The quantitative estimate of drug-likeness (QED) is 0.542. The van der Waals surface area contributed by atoms with Gasteiger partial charge in [-0.2, -0.15) is 13.2 Å². The first-order chi connectivity index (χ1) is 12.3. The SMILES string of the molecule is Cc1cc2c(cc1C(=O)c1ccc(C(F)(F)F)cc1)C(C)(C)CCC2(C)C. The lowest BCUT2D eigenvalue weighted by atomic mass is 9.62. The summed E-state index contributed by atoms with van der Waals surface area (Å²) in [7, 11) is 0. The van der Waals surface area contributed by atoms with Crippen molar-refractivity contribution in [3.05, 3.63) is 69.8 Å². The Kier molecular flexibility index (Phi) is 4.53.